The van der Waals surface area contributed by atoms with Gasteiger partial charge in [0.15, 0.2) is 0 Å². The molecule has 31 heavy (non-hydrogen) atoms. The molecule has 2 amide bonds. The van der Waals surface area contributed by atoms with Crippen molar-refractivity contribution in [1.82, 2.24) is 19.8 Å². The van der Waals surface area contributed by atoms with Gasteiger partial charge < -0.3 is 9.80 Å². The number of benzene rings is 1. The quantitative estimate of drug-likeness (QED) is 0.650. The predicted octanol–water partition coefficient (Wildman–Crippen LogP) is 3.75. The third-order valence-electron chi connectivity index (χ3n) is 5.80. The van der Waals surface area contributed by atoms with Gasteiger partial charge in [-0.1, -0.05) is 44.2 Å². The van der Waals surface area contributed by atoms with Crippen molar-refractivity contribution in [2.24, 2.45) is 11.8 Å². The number of piperidine rings is 1. The number of rotatable bonds is 8. The minimum atomic E-state index is -0.157. The maximum absolute atomic E-state index is 12.9. The molecule has 0 aliphatic carbocycles. The molecule has 6 heteroatoms. The van der Waals surface area contributed by atoms with Gasteiger partial charge in [-0.3, -0.25) is 14.6 Å². The minimum absolute atomic E-state index is 0.134. The summed E-state index contributed by atoms with van der Waals surface area (Å²) < 4.78 is 0. The average Bonchev–Trinajstić information content (AvgIpc) is 2.77. The van der Waals surface area contributed by atoms with Crippen LogP contribution in [-0.2, 0) is 11.2 Å². The topological polar surface area (TPSA) is 66.4 Å². The van der Waals surface area contributed by atoms with E-state index in [9.17, 15) is 9.59 Å². The Bertz CT molecular complexity index is 844. The van der Waals surface area contributed by atoms with Crippen LogP contribution in [0.1, 0.15) is 54.9 Å². The second-order valence-corrected chi connectivity index (χ2v) is 8.95. The van der Waals surface area contributed by atoms with Gasteiger partial charge in [-0.25, -0.2) is 4.98 Å². The lowest BCUT2D eigenvalue weighted by molar-refractivity contribution is -0.132. The zero-order valence-electron chi connectivity index (χ0n) is 19.0. The first-order chi connectivity index (χ1) is 14.9. The molecule has 0 unspecified atom stereocenters. The summed E-state index contributed by atoms with van der Waals surface area (Å²) >= 11 is 0. The summed E-state index contributed by atoms with van der Waals surface area (Å²) in [5, 5.41) is 0. The number of carbonyl (C=O) groups is 2. The molecule has 1 aromatic carbocycles. The Hall–Kier alpha value is -2.76. The van der Waals surface area contributed by atoms with Crippen molar-refractivity contribution < 1.29 is 9.59 Å². The second-order valence-electron chi connectivity index (χ2n) is 8.95. The molecule has 0 bridgehead atoms. The molecule has 0 spiro atoms. The first-order valence-electron chi connectivity index (χ1n) is 11.3. The molecule has 3 rings (SSSR count). The molecule has 0 atom stereocenters. The van der Waals surface area contributed by atoms with Crippen LogP contribution >= 0.6 is 0 Å². The van der Waals surface area contributed by atoms with E-state index in [1.165, 1.54) is 11.8 Å². The van der Waals surface area contributed by atoms with Crippen molar-refractivity contribution >= 4 is 11.8 Å². The van der Waals surface area contributed by atoms with E-state index in [1.54, 1.807) is 11.1 Å². The summed E-state index contributed by atoms with van der Waals surface area (Å²) in [6.45, 7) is 8.60. The number of aryl methyl sites for hydroxylation is 1. The summed E-state index contributed by atoms with van der Waals surface area (Å²) in [5.41, 5.74) is 2.48. The SMILES string of the molecule is Cc1cnc(C(=O)N(CCC(=O)N2CCC(Cc3ccccc3)CC2)CC(C)C)cn1. The van der Waals surface area contributed by atoms with E-state index in [0.29, 0.717) is 37.0 Å². The Morgan fingerprint density at radius 2 is 1.81 bits per heavy atom. The Labute approximate surface area is 185 Å². The van der Waals surface area contributed by atoms with Crippen LogP contribution in [0.3, 0.4) is 0 Å². The lowest BCUT2D eigenvalue weighted by Gasteiger charge is -2.33. The van der Waals surface area contributed by atoms with Crippen LogP contribution in [0.4, 0.5) is 0 Å². The van der Waals surface area contributed by atoms with E-state index in [4.69, 9.17) is 0 Å². The van der Waals surface area contributed by atoms with E-state index in [0.717, 1.165) is 38.0 Å². The largest absolute Gasteiger partial charge is 0.343 e. The van der Waals surface area contributed by atoms with Crippen LogP contribution in [-0.4, -0.2) is 57.8 Å². The van der Waals surface area contributed by atoms with Crippen LogP contribution in [0.2, 0.25) is 0 Å². The molecule has 6 nitrogen and oxygen atoms in total. The van der Waals surface area contributed by atoms with Gasteiger partial charge >= 0.3 is 0 Å². The highest BCUT2D eigenvalue weighted by atomic mass is 16.2. The van der Waals surface area contributed by atoms with Crippen LogP contribution in [0, 0.1) is 18.8 Å². The number of carbonyl (C=O) groups excluding carboxylic acids is 2. The molecule has 0 radical (unpaired) electrons. The lowest BCUT2D eigenvalue weighted by Crippen LogP contribution is -2.42. The Kier molecular flexibility index (Phi) is 8.15. The van der Waals surface area contributed by atoms with Gasteiger partial charge in [-0.2, -0.15) is 0 Å². The molecule has 1 fully saturated rings. The van der Waals surface area contributed by atoms with Crippen LogP contribution < -0.4 is 0 Å². The fourth-order valence-corrected chi connectivity index (χ4v) is 4.10. The minimum Gasteiger partial charge on any atom is -0.343 e. The summed E-state index contributed by atoms with van der Waals surface area (Å²) in [6.07, 6.45) is 6.62. The molecular formula is C25H34N4O2. The van der Waals surface area contributed by atoms with Crippen molar-refractivity contribution in [3.63, 3.8) is 0 Å². The van der Waals surface area contributed by atoms with Crippen molar-refractivity contribution in [3.05, 3.63) is 59.7 Å². The highest BCUT2D eigenvalue weighted by Crippen LogP contribution is 2.22. The summed E-state index contributed by atoms with van der Waals surface area (Å²) in [6, 6.07) is 10.6. The van der Waals surface area contributed by atoms with Gasteiger partial charge in [0.25, 0.3) is 5.91 Å². The third kappa shape index (κ3) is 6.88. The Morgan fingerprint density at radius 3 is 2.42 bits per heavy atom. The average molecular weight is 423 g/mol. The van der Waals surface area contributed by atoms with Crippen molar-refractivity contribution in [1.29, 1.82) is 0 Å². The van der Waals surface area contributed by atoms with E-state index >= 15 is 0 Å². The maximum atomic E-state index is 12.9. The molecule has 1 aromatic heterocycles. The second kappa shape index (κ2) is 11.0. The monoisotopic (exact) mass is 422 g/mol. The van der Waals surface area contributed by atoms with E-state index < -0.39 is 0 Å². The number of nitrogens with zero attached hydrogens (tertiary/aromatic N) is 4. The third-order valence-corrected chi connectivity index (χ3v) is 5.80. The predicted molar refractivity (Wildman–Crippen MR) is 122 cm³/mol. The lowest BCUT2D eigenvalue weighted by atomic mass is 9.90. The number of hydrogen-bond acceptors (Lipinski definition) is 4. The summed E-state index contributed by atoms with van der Waals surface area (Å²) in [7, 11) is 0. The molecule has 166 valence electrons. The van der Waals surface area contributed by atoms with Crippen molar-refractivity contribution in [3.8, 4) is 0 Å². The Morgan fingerprint density at radius 1 is 1.10 bits per heavy atom. The van der Waals surface area contributed by atoms with Gasteiger partial charge in [0.1, 0.15) is 5.69 Å². The normalized spacial score (nSPS) is 14.6. The molecule has 1 aliphatic heterocycles. The fourth-order valence-electron chi connectivity index (χ4n) is 4.10. The van der Waals surface area contributed by atoms with E-state index in [-0.39, 0.29) is 11.8 Å². The van der Waals surface area contributed by atoms with Gasteiger partial charge in [0, 0.05) is 38.8 Å². The summed E-state index contributed by atoms with van der Waals surface area (Å²) in [5.74, 6) is 0.919. The first-order valence-corrected chi connectivity index (χ1v) is 11.3. The van der Waals surface area contributed by atoms with Crippen LogP contribution in [0.5, 0.6) is 0 Å². The highest BCUT2D eigenvalue weighted by Gasteiger charge is 2.25. The van der Waals surface area contributed by atoms with Crippen molar-refractivity contribution in [2.45, 2.75) is 46.5 Å². The fraction of sp³-hybridized carbons (Fsp3) is 0.520. The van der Waals surface area contributed by atoms with Gasteiger partial charge in [0.05, 0.1) is 11.9 Å². The number of likely N-dealkylation sites (tertiary alicyclic amines) is 1. The number of amides is 2. The smallest absolute Gasteiger partial charge is 0.274 e. The number of aromatic nitrogens is 2. The standard InChI is InChI=1S/C25H34N4O2/c1-19(2)18-29(25(31)23-17-26-20(3)16-27-23)14-11-24(30)28-12-9-22(10-13-28)15-21-7-5-4-6-8-21/h4-8,16-17,19,22H,9-15,18H2,1-3H3. The molecule has 1 saturated heterocycles. The maximum Gasteiger partial charge on any atom is 0.274 e. The first kappa shape index (κ1) is 22.9. The molecule has 0 N–H and O–H groups in total. The molecule has 2 heterocycles. The van der Waals surface area contributed by atoms with Crippen molar-refractivity contribution in [2.75, 3.05) is 26.2 Å². The van der Waals surface area contributed by atoms with Crippen LogP contribution in [0.25, 0.3) is 0 Å². The number of hydrogen-bond donors (Lipinski definition) is 0. The zero-order chi connectivity index (χ0) is 22.2. The van der Waals surface area contributed by atoms with Gasteiger partial charge in [-0.05, 0) is 43.6 Å². The molecule has 2 aromatic rings. The molecule has 1 aliphatic rings. The summed E-state index contributed by atoms with van der Waals surface area (Å²) in [4.78, 5) is 37.8. The van der Waals surface area contributed by atoms with Crippen LogP contribution in [0.15, 0.2) is 42.7 Å². The van der Waals surface area contributed by atoms with Gasteiger partial charge in [-0.15, -0.1) is 0 Å². The molecular weight excluding hydrogens is 388 g/mol. The van der Waals surface area contributed by atoms with E-state index in [1.807, 2.05) is 17.9 Å². The zero-order valence-corrected chi connectivity index (χ0v) is 19.0. The molecule has 0 saturated carbocycles. The van der Waals surface area contributed by atoms with E-state index in [2.05, 4.69) is 48.1 Å². The Balaban J connectivity index is 1.50. The van der Waals surface area contributed by atoms with Gasteiger partial charge in [0.2, 0.25) is 5.91 Å². The highest BCUT2D eigenvalue weighted by molar-refractivity contribution is 5.92.